The predicted molar refractivity (Wildman–Crippen MR) is 75.5 cm³/mol. The maximum Gasteiger partial charge on any atom is 0.205 e. The van der Waals surface area contributed by atoms with Crippen LogP contribution in [0.4, 0.5) is 0 Å². The lowest BCUT2D eigenvalue weighted by atomic mass is 10.1. The second kappa shape index (κ2) is 6.75. The maximum atomic E-state index is 12.1. The van der Waals surface area contributed by atoms with E-state index in [1.165, 1.54) is 23.5 Å². The van der Waals surface area contributed by atoms with Crippen molar-refractivity contribution in [2.45, 2.75) is 0 Å². The van der Waals surface area contributed by atoms with Gasteiger partial charge >= 0.3 is 0 Å². The van der Waals surface area contributed by atoms with Crippen molar-refractivity contribution >= 4 is 40.9 Å². The van der Waals surface area contributed by atoms with Crippen molar-refractivity contribution in [2.75, 3.05) is 12.5 Å². The minimum absolute atomic E-state index is 0.173. The van der Waals surface area contributed by atoms with Crippen molar-refractivity contribution in [1.29, 1.82) is 5.26 Å². The molecule has 0 aliphatic heterocycles. The zero-order chi connectivity index (χ0) is 12.8. The Kier molecular flexibility index (Phi) is 5.63. The third kappa shape index (κ3) is 3.53. The fourth-order valence-corrected chi connectivity index (χ4v) is 2.79. The number of hydrogen-bond acceptors (Lipinski definition) is 4. The summed E-state index contributed by atoms with van der Waals surface area (Å²) in [6.07, 6.45) is 3.68. The first-order valence-electron chi connectivity index (χ1n) is 4.66. The van der Waals surface area contributed by atoms with Gasteiger partial charge in [0.15, 0.2) is 0 Å². The second-order valence-electron chi connectivity index (χ2n) is 3.02. The zero-order valence-electron chi connectivity index (χ0n) is 9.36. The number of carbonyl (C=O) groups is 1. The Bertz CT molecular complexity index is 499. The van der Waals surface area contributed by atoms with E-state index >= 15 is 0 Å². The molecule has 0 heterocycles. The van der Waals surface area contributed by atoms with E-state index in [0.717, 1.165) is 4.24 Å². The first-order chi connectivity index (χ1) is 8.13. The SMILES string of the molecule is CSC(SC)=C(C#N)C(=O)c1cccc(Cl)c1. The molecule has 2 nitrogen and oxygen atoms in total. The number of nitriles is 1. The lowest BCUT2D eigenvalue weighted by Gasteiger charge is -2.04. The Hall–Kier alpha value is -0.890. The van der Waals surface area contributed by atoms with Crippen LogP contribution in [0.1, 0.15) is 10.4 Å². The number of hydrogen-bond donors (Lipinski definition) is 0. The van der Waals surface area contributed by atoms with Crippen LogP contribution in [-0.2, 0) is 0 Å². The minimum Gasteiger partial charge on any atom is -0.288 e. The molecule has 0 amide bonds. The Balaban J connectivity index is 3.20. The number of thioether (sulfide) groups is 2. The zero-order valence-corrected chi connectivity index (χ0v) is 11.7. The summed E-state index contributed by atoms with van der Waals surface area (Å²) in [5.74, 6) is -0.284. The molecule has 0 aliphatic carbocycles. The van der Waals surface area contributed by atoms with E-state index in [9.17, 15) is 4.79 Å². The molecule has 0 fully saturated rings. The van der Waals surface area contributed by atoms with Gasteiger partial charge in [0.2, 0.25) is 5.78 Å². The van der Waals surface area contributed by atoms with E-state index in [4.69, 9.17) is 16.9 Å². The molecule has 0 atom stereocenters. The molecular weight excluding hydrogens is 274 g/mol. The highest BCUT2D eigenvalue weighted by Gasteiger charge is 2.16. The van der Waals surface area contributed by atoms with Crippen molar-refractivity contribution in [3.8, 4) is 6.07 Å². The lowest BCUT2D eigenvalue weighted by molar-refractivity contribution is 0.103. The van der Waals surface area contributed by atoms with Gasteiger partial charge in [0.05, 0.1) is 4.24 Å². The van der Waals surface area contributed by atoms with Gasteiger partial charge in [-0.25, -0.2) is 0 Å². The molecule has 0 saturated carbocycles. The first-order valence-corrected chi connectivity index (χ1v) is 7.49. The van der Waals surface area contributed by atoms with E-state index in [2.05, 4.69) is 0 Å². The standard InChI is InChI=1S/C12H10ClNOS2/c1-16-12(17-2)10(7-14)11(15)8-4-3-5-9(13)6-8/h3-6H,1-2H3. The van der Waals surface area contributed by atoms with Crippen molar-refractivity contribution in [1.82, 2.24) is 0 Å². The van der Waals surface area contributed by atoms with Crippen molar-refractivity contribution in [3.63, 3.8) is 0 Å². The topological polar surface area (TPSA) is 40.9 Å². The minimum atomic E-state index is -0.284. The van der Waals surface area contributed by atoms with Crippen LogP contribution in [-0.4, -0.2) is 18.3 Å². The van der Waals surface area contributed by atoms with E-state index < -0.39 is 0 Å². The highest BCUT2D eigenvalue weighted by Crippen LogP contribution is 2.29. The number of carbonyl (C=O) groups excluding carboxylic acids is 1. The van der Waals surface area contributed by atoms with Crippen molar-refractivity contribution in [3.05, 3.63) is 44.7 Å². The molecule has 0 bridgehead atoms. The van der Waals surface area contributed by atoms with Gasteiger partial charge in [-0.3, -0.25) is 4.79 Å². The average molecular weight is 284 g/mol. The van der Waals surface area contributed by atoms with Gasteiger partial charge in [-0.2, -0.15) is 5.26 Å². The number of rotatable bonds is 4. The summed E-state index contributed by atoms with van der Waals surface area (Å²) in [4.78, 5) is 12.1. The normalized spacial score (nSPS) is 9.53. The van der Waals surface area contributed by atoms with Gasteiger partial charge in [0.25, 0.3) is 0 Å². The number of halogens is 1. The number of Topliss-reactive ketones (excluding diaryl/α,β-unsaturated/α-hetero) is 1. The fraction of sp³-hybridized carbons (Fsp3) is 0.167. The third-order valence-corrected chi connectivity index (χ3v) is 4.39. The van der Waals surface area contributed by atoms with Gasteiger partial charge in [-0.05, 0) is 24.6 Å². The molecule has 0 N–H and O–H groups in total. The molecule has 0 radical (unpaired) electrons. The Labute approximate surface area is 114 Å². The highest BCUT2D eigenvalue weighted by atomic mass is 35.5. The molecule has 0 aliphatic rings. The molecule has 0 unspecified atom stereocenters. The summed E-state index contributed by atoms with van der Waals surface area (Å²) in [6, 6.07) is 8.58. The maximum absolute atomic E-state index is 12.1. The molecule has 17 heavy (non-hydrogen) atoms. The second-order valence-corrected chi connectivity index (χ2v) is 5.35. The van der Waals surface area contributed by atoms with Gasteiger partial charge in [-0.1, -0.05) is 23.7 Å². The number of allylic oxidation sites excluding steroid dienone is 1. The van der Waals surface area contributed by atoms with Crippen LogP contribution >= 0.6 is 35.1 Å². The lowest BCUT2D eigenvalue weighted by Crippen LogP contribution is -2.03. The van der Waals surface area contributed by atoms with Crippen molar-refractivity contribution in [2.24, 2.45) is 0 Å². The average Bonchev–Trinajstić information content (AvgIpc) is 2.35. The smallest absolute Gasteiger partial charge is 0.205 e. The van der Waals surface area contributed by atoms with E-state index in [0.29, 0.717) is 10.6 Å². The van der Waals surface area contributed by atoms with Crippen LogP contribution in [0.2, 0.25) is 5.02 Å². The summed E-state index contributed by atoms with van der Waals surface area (Å²) in [7, 11) is 0. The Morgan fingerprint density at radius 3 is 2.47 bits per heavy atom. The molecule has 0 saturated heterocycles. The quantitative estimate of drug-likeness (QED) is 0.476. The van der Waals surface area contributed by atoms with Crippen LogP contribution in [0.25, 0.3) is 0 Å². The first kappa shape index (κ1) is 14.2. The van der Waals surface area contributed by atoms with Gasteiger partial charge in [0, 0.05) is 10.6 Å². The van der Waals surface area contributed by atoms with Crippen LogP contribution in [0.5, 0.6) is 0 Å². The predicted octanol–water partition coefficient (Wildman–Crippen LogP) is 3.98. The Morgan fingerprint density at radius 1 is 1.35 bits per heavy atom. The summed E-state index contributed by atoms with van der Waals surface area (Å²) in [6.45, 7) is 0. The Morgan fingerprint density at radius 2 is 2.00 bits per heavy atom. The number of nitrogens with zero attached hydrogens (tertiary/aromatic N) is 1. The van der Waals surface area contributed by atoms with Gasteiger partial charge < -0.3 is 0 Å². The molecule has 1 rings (SSSR count). The van der Waals surface area contributed by atoms with E-state index in [1.807, 2.05) is 18.6 Å². The van der Waals surface area contributed by atoms with Crippen LogP contribution in [0.15, 0.2) is 34.1 Å². The molecule has 0 aromatic heterocycles. The molecule has 88 valence electrons. The van der Waals surface area contributed by atoms with Crippen molar-refractivity contribution < 1.29 is 4.79 Å². The van der Waals surface area contributed by atoms with Crippen LogP contribution < -0.4 is 0 Å². The summed E-state index contributed by atoms with van der Waals surface area (Å²) < 4.78 is 0.720. The van der Waals surface area contributed by atoms with E-state index in [1.54, 1.807) is 24.3 Å². The molecule has 1 aromatic rings. The fourth-order valence-electron chi connectivity index (χ4n) is 1.25. The van der Waals surface area contributed by atoms with Gasteiger partial charge in [0.1, 0.15) is 11.6 Å². The summed E-state index contributed by atoms with van der Waals surface area (Å²) >= 11 is 8.61. The monoisotopic (exact) mass is 283 g/mol. The molecule has 0 spiro atoms. The largest absolute Gasteiger partial charge is 0.288 e. The molecule has 1 aromatic carbocycles. The molecular formula is C12H10ClNOS2. The highest BCUT2D eigenvalue weighted by molar-refractivity contribution is 8.21. The summed E-state index contributed by atoms with van der Waals surface area (Å²) in [5, 5.41) is 9.56. The third-order valence-electron chi connectivity index (χ3n) is 2.00. The van der Waals surface area contributed by atoms with Crippen LogP contribution in [0, 0.1) is 11.3 Å². The van der Waals surface area contributed by atoms with Crippen LogP contribution in [0.3, 0.4) is 0 Å². The summed E-state index contributed by atoms with van der Waals surface area (Å²) in [5.41, 5.74) is 0.613. The van der Waals surface area contributed by atoms with Gasteiger partial charge in [-0.15, -0.1) is 23.5 Å². The number of ketones is 1. The number of benzene rings is 1. The van der Waals surface area contributed by atoms with E-state index in [-0.39, 0.29) is 11.4 Å². The molecule has 5 heteroatoms.